The van der Waals surface area contributed by atoms with E-state index in [0.717, 1.165) is 0 Å². The number of H-pyrrole nitrogens is 1. The lowest BCUT2D eigenvalue weighted by Crippen LogP contribution is -2.40. The molecule has 7 heteroatoms. The molecule has 1 aromatic rings. The zero-order valence-corrected chi connectivity index (χ0v) is 9.48. The smallest absolute Gasteiger partial charge is 0.330 e. The number of carbonyl (C=O) groups is 1. The number of aromatic amines is 1. The van der Waals surface area contributed by atoms with Gasteiger partial charge in [-0.3, -0.25) is 19.1 Å². The molecule has 0 saturated carbocycles. The Balaban J connectivity index is 2.60. The largest absolute Gasteiger partial charge is 0.454 e. The number of hydrogen-bond donors (Lipinski definition) is 1. The van der Waals surface area contributed by atoms with Gasteiger partial charge < -0.3 is 9.47 Å². The Labute approximate surface area is 96.0 Å². The molecular formula is C10H12N2O5. The van der Waals surface area contributed by atoms with Crippen LogP contribution in [0, 0.1) is 6.92 Å². The van der Waals surface area contributed by atoms with Crippen LogP contribution in [0.5, 0.6) is 0 Å². The van der Waals surface area contributed by atoms with Gasteiger partial charge in [0.2, 0.25) is 0 Å². The van der Waals surface area contributed by atoms with Crippen molar-refractivity contribution in [3.05, 3.63) is 32.1 Å². The van der Waals surface area contributed by atoms with E-state index < -0.39 is 23.3 Å². The molecule has 0 saturated heterocycles. The van der Waals surface area contributed by atoms with Crippen LogP contribution in [0.15, 0.2) is 9.59 Å². The van der Waals surface area contributed by atoms with E-state index in [1.165, 1.54) is 11.5 Å². The minimum Gasteiger partial charge on any atom is -0.454 e. The van der Waals surface area contributed by atoms with E-state index in [2.05, 4.69) is 4.98 Å². The summed E-state index contributed by atoms with van der Waals surface area (Å²) in [4.78, 5) is 36.2. The predicted molar refractivity (Wildman–Crippen MR) is 56.5 cm³/mol. The van der Waals surface area contributed by atoms with Crippen LogP contribution in [0.1, 0.15) is 24.3 Å². The molecule has 0 spiro atoms. The standard InChI is InChI=1S/C10H12N2O5/c1-5-8-7(17-6(2)13)3-16-4-12(8)10(15)11-9(5)14/h7H,3-4H2,1-2H3,(H,11,14,15). The summed E-state index contributed by atoms with van der Waals surface area (Å²) >= 11 is 0. The maximum Gasteiger partial charge on any atom is 0.330 e. The number of aromatic nitrogens is 2. The number of esters is 1. The van der Waals surface area contributed by atoms with Gasteiger partial charge in [-0.05, 0) is 6.92 Å². The van der Waals surface area contributed by atoms with Crippen molar-refractivity contribution in [3.63, 3.8) is 0 Å². The molecular weight excluding hydrogens is 228 g/mol. The third-order valence-electron chi connectivity index (χ3n) is 2.58. The van der Waals surface area contributed by atoms with Crippen LogP contribution in [0.2, 0.25) is 0 Å². The first-order valence-electron chi connectivity index (χ1n) is 5.09. The Morgan fingerprint density at radius 3 is 2.88 bits per heavy atom. The maximum absolute atomic E-state index is 11.6. The first-order chi connectivity index (χ1) is 8.00. The van der Waals surface area contributed by atoms with Gasteiger partial charge in [-0.25, -0.2) is 4.79 Å². The third kappa shape index (κ3) is 2.01. The van der Waals surface area contributed by atoms with E-state index in [0.29, 0.717) is 11.3 Å². The molecule has 1 aliphatic heterocycles. The van der Waals surface area contributed by atoms with Gasteiger partial charge in [0.1, 0.15) is 6.73 Å². The van der Waals surface area contributed by atoms with Crippen molar-refractivity contribution >= 4 is 5.97 Å². The molecule has 0 aliphatic carbocycles. The molecule has 0 amide bonds. The minimum absolute atomic E-state index is 0.0452. The lowest BCUT2D eigenvalue weighted by Gasteiger charge is -2.27. The highest BCUT2D eigenvalue weighted by Crippen LogP contribution is 2.22. The van der Waals surface area contributed by atoms with E-state index in [1.54, 1.807) is 6.92 Å². The first-order valence-corrected chi connectivity index (χ1v) is 5.09. The van der Waals surface area contributed by atoms with Crippen molar-refractivity contribution in [1.29, 1.82) is 0 Å². The monoisotopic (exact) mass is 240 g/mol. The van der Waals surface area contributed by atoms with Gasteiger partial charge >= 0.3 is 11.7 Å². The van der Waals surface area contributed by atoms with Gasteiger partial charge in [0.25, 0.3) is 5.56 Å². The molecule has 1 unspecified atom stereocenters. The normalized spacial score (nSPS) is 18.6. The van der Waals surface area contributed by atoms with E-state index in [9.17, 15) is 14.4 Å². The number of hydrogen-bond acceptors (Lipinski definition) is 5. The van der Waals surface area contributed by atoms with Crippen molar-refractivity contribution in [3.8, 4) is 0 Å². The Hall–Kier alpha value is -1.89. The van der Waals surface area contributed by atoms with Crippen LogP contribution >= 0.6 is 0 Å². The van der Waals surface area contributed by atoms with Gasteiger partial charge in [-0.2, -0.15) is 0 Å². The molecule has 1 atom stereocenters. The molecule has 2 rings (SSSR count). The molecule has 1 N–H and O–H groups in total. The van der Waals surface area contributed by atoms with E-state index in [4.69, 9.17) is 9.47 Å². The highest BCUT2D eigenvalue weighted by atomic mass is 16.6. The first kappa shape index (κ1) is 11.6. The molecule has 17 heavy (non-hydrogen) atoms. The molecule has 1 aliphatic rings. The lowest BCUT2D eigenvalue weighted by atomic mass is 10.1. The van der Waals surface area contributed by atoms with Gasteiger partial charge in [0.05, 0.1) is 12.3 Å². The van der Waals surface area contributed by atoms with Crippen molar-refractivity contribution in [2.75, 3.05) is 6.61 Å². The van der Waals surface area contributed by atoms with Crippen LogP contribution < -0.4 is 11.2 Å². The SMILES string of the molecule is CC(=O)OC1COCn2c1c(C)c(=O)[nH]c2=O. The number of nitrogens with zero attached hydrogens (tertiary/aromatic N) is 1. The number of fused-ring (bicyclic) bond motifs is 1. The number of nitrogens with one attached hydrogen (secondary N) is 1. The molecule has 92 valence electrons. The predicted octanol–water partition coefficient (Wildman–Crippen LogP) is -0.563. The van der Waals surface area contributed by atoms with Crippen LogP contribution in [-0.4, -0.2) is 22.1 Å². The van der Waals surface area contributed by atoms with Crippen molar-refractivity contribution in [1.82, 2.24) is 9.55 Å². The highest BCUT2D eigenvalue weighted by Gasteiger charge is 2.27. The van der Waals surface area contributed by atoms with E-state index >= 15 is 0 Å². The molecule has 0 fully saturated rings. The molecule has 2 heterocycles. The van der Waals surface area contributed by atoms with Crippen molar-refractivity contribution in [2.24, 2.45) is 0 Å². The second-order valence-corrected chi connectivity index (χ2v) is 3.80. The summed E-state index contributed by atoms with van der Waals surface area (Å²) in [5, 5.41) is 0. The fourth-order valence-corrected chi connectivity index (χ4v) is 1.85. The Morgan fingerprint density at radius 2 is 2.24 bits per heavy atom. The van der Waals surface area contributed by atoms with Gasteiger partial charge in [0, 0.05) is 12.5 Å². The summed E-state index contributed by atoms with van der Waals surface area (Å²) in [6.07, 6.45) is -0.712. The average molecular weight is 240 g/mol. The van der Waals surface area contributed by atoms with Crippen LogP contribution in [0.4, 0.5) is 0 Å². The fraction of sp³-hybridized carbons (Fsp3) is 0.500. The van der Waals surface area contributed by atoms with Gasteiger partial charge in [-0.1, -0.05) is 0 Å². The van der Waals surface area contributed by atoms with Gasteiger partial charge in [-0.15, -0.1) is 0 Å². The molecule has 0 bridgehead atoms. The Bertz CT molecular complexity index is 571. The summed E-state index contributed by atoms with van der Waals surface area (Å²) in [7, 11) is 0. The third-order valence-corrected chi connectivity index (χ3v) is 2.58. The summed E-state index contributed by atoms with van der Waals surface area (Å²) in [5.74, 6) is -0.487. The molecule has 0 aromatic carbocycles. The Kier molecular flexibility index (Phi) is 2.84. The number of carbonyl (C=O) groups excluding carboxylic acids is 1. The van der Waals surface area contributed by atoms with E-state index in [-0.39, 0.29) is 13.3 Å². The zero-order chi connectivity index (χ0) is 12.6. The van der Waals surface area contributed by atoms with Gasteiger partial charge in [0.15, 0.2) is 6.10 Å². The Morgan fingerprint density at radius 1 is 1.53 bits per heavy atom. The van der Waals surface area contributed by atoms with Crippen molar-refractivity contribution in [2.45, 2.75) is 26.7 Å². The minimum atomic E-state index is -0.712. The lowest BCUT2D eigenvalue weighted by molar-refractivity contribution is -0.154. The quantitative estimate of drug-likeness (QED) is 0.664. The van der Waals surface area contributed by atoms with Crippen LogP contribution in [-0.2, 0) is 21.0 Å². The number of ether oxygens (including phenoxy) is 2. The zero-order valence-electron chi connectivity index (χ0n) is 9.48. The summed E-state index contributed by atoms with van der Waals surface area (Å²) < 4.78 is 11.4. The van der Waals surface area contributed by atoms with E-state index in [1.807, 2.05) is 0 Å². The average Bonchev–Trinajstić information content (AvgIpc) is 2.25. The second kappa shape index (κ2) is 4.17. The molecule has 0 radical (unpaired) electrons. The highest BCUT2D eigenvalue weighted by molar-refractivity contribution is 5.66. The number of rotatable bonds is 1. The van der Waals surface area contributed by atoms with Crippen LogP contribution in [0.25, 0.3) is 0 Å². The fourth-order valence-electron chi connectivity index (χ4n) is 1.85. The maximum atomic E-state index is 11.6. The summed E-state index contributed by atoms with van der Waals surface area (Å²) in [5.41, 5.74) is -0.271. The molecule has 1 aromatic heterocycles. The van der Waals surface area contributed by atoms with Crippen LogP contribution in [0.3, 0.4) is 0 Å². The summed E-state index contributed by atoms with van der Waals surface area (Å²) in [6.45, 7) is 3.03. The summed E-state index contributed by atoms with van der Waals surface area (Å²) in [6, 6.07) is 0. The molecule has 7 nitrogen and oxygen atoms in total. The van der Waals surface area contributed by atoms with Crippen molar-refractivity contribution < 1.29 is 14.3 Å². The topological polar surface area (TPSA) is 90.4 Å². The second-order valence-electron chi connectivity index (χ2n) is 3.80.